The molecule has 13 heteroatoms. The van der Waals surface area contributed by atoms with Gasteiger partial charge in [0, 0.05) is 31.7 Å². The molecule has 0 aromatic heterocycles. The summed E-state index contributed by atoms with van der Waals surface area (Å²) in [6.07, 6.45) is -2.06. The van der Waals surface area contributed by atoms with Gasteiger partial charge in [-0.3, -0.25) is 13.6 Å². The van der Waals surface area contributed by atoms with Crippen LogP contribution in [0.5, 0.6) is 0 Å². The van der Waals surface area contributed by atoms with Crippen LogP contribution < -0.4 is 0 Å². The maximum absolute atomic E-state index is 12.4. The Morgan fingerprint density at radius 3 is 1.36 bits per heavy atom. The van der Waals surface area contributed by atoms with Crippen LogP contribution in [0.3, 0.4) is 0 Å². The van der Waals surface area contributed by atoms with Gasteiger partial charge >= 0.3 is 7.82 Å². The lowest BCUT2D eigenvalue weighted by Crippen LogP contribution is -2.25. The summed E-state index contributed by atoms with van der Waals surface area (Å²) in [5.41, 5.74) is 0. The molecule has 0 amide bonds. The van der Waals surface area contributed by atoms with Crippen LogP contribution in [0.25, 0.3) is 0 Å². The predicted octanol–water partition coefficient (Wildman–Crippen LogP) is 6.51. The van der Waals surface area contributed by atoms with E-state index in [4.69, 9.17) is 106 Å². The van der Waals surface area contributed by atoms with Crippen molar-refractivity contribution in [2.75, 3.05) is 18.9 Å². The molecule has 0 rings (SSSR count). The topological polar surface area (TPSA) is 44.8 Å². The largest absolute Gasteiger partial charge is 0.475 e. The molecule has 0 fully saturated rings. The second kappa shape index (κ2) is 10.5. The van der Waals surface area contributed by atoms with Crippen LogP contribution >= 0.6 is 101 Å². The third-order valence-corrected chi connectivity index (χ3v) is 5.22. The minimum Gasteiger partial charge on any atom is -0.290 e. The van der Waals surface area contributed by atoms with E-state index in [2.05, 4.69) is 0 Å². The molecule has 4 nitrogen and oxygen atoms in total. The fourth-order valence-corrected chi connectivity index (χ4v) is 4.04. The average molecular weight is 500 g/mol. The van der Waals surface area contributed by atoms with Gasteiger partial charge in [-0.1, -0.05) is 69.6 Å². The Balaban J connectivity index is 4.90. The third kappa shape index (κ3) is 11.9. The first-order valence-electron chi connectivity index (χ1n) is 5.62. The molecule has 0 heterocycles. The van der Waals surface area contributed by atoms with Crippen LogP contribution in [-0.2, 0) is 18.1 Å². The zero-order valence-corrected chi connectivity index (χ0v) is 18.0. The summed E-state index contributed by atoms with van der Waals surface area (Å²) >= 11 is 45.3. The first-order chi connectivity index (χ1) is 9.84. The monoisotopic (exact) mass is 496 g/mol. The summed E-state index contributed by atoms with van der Waals surface area (Å²) in [7, 11) is -2.93. The van der Waals surface area contributed by atoms with E-state index >= 15 is 0 Å². The molecule has 0 aromatic rings. The lowest BCUT2D eigenvalue weighted by molar-refractivity contribution is 0.0713. The van der Waals surface area contributed by atoms with Gasteiger partial charge in [-0.25, -0.2) is 4.57 Å². The SMILES string of the molecule is COP(=O)(OC(CCl)CC(Cl)(Cl)Cl)OC(CCl)CC(Cl)(Cl)Cl. The van der Waals surface area contributed by atoms with Gasteiger partial charge in [-0.05, 0) is 0 Å². The van der Waals surface area contributed by atoms with Crippen LogP contribution in [0.4, 0.5) is 0 Å². The van der Waals surface area contributed by atoms with Gasteiger partial charge in [0.1, 0.15) is 0 Å². The van der Waals surface area contributed by atoms with Crippen LogP contribution in [0.15, 0.2) is 0 Å². The summed E-state index contributed by atoms with van der Waals surface area (Å²) in [5, 5.41) is 0. The Kier molecular flexibility index (Phi) is 11.7. The summed E-state index contributed by atoms with van der Waals surface area (Å²) < 4.78 is 24.3. The van der Waals surface area contributed by atoms with Gasteiger partial charge in [0.2, 0.25) is 0 Å². The van der Waals surface area contributed by atoms with Crippen molar-refractivity contribution in [1.82, 2.24) is 0 Å². The van der Waals surface area contributed by atoms with Crippen LogP contribution in [0.1, 0.15) is 12.8 Å². The predicted molar refractivity (Wildman–Crippen MR) is 95.6 cm³/mol. The van der Waals surface area contributed by atoms with Crippen molar-refractivity contribution in [3.63, 3.8) is 0 Å². The summed E-state index contributed by atoms with van der Waals surface area (Å²) in [6, 6.07) is 0. The van der Waals surface area contributed by atoms with Crippen molar-refractivity contribution < 1.29 is 18.1 Å². The third-order valence-electron chi connectivity index (χ3n) is 2.04. The van der Waals surface area contributed by atoms with Crippen molar-refractivity contribution in [3.8, 4) is 0 Å². The molecule has 2 atom stereocenters. The highest BCUT2D eigenvalue weighted by atomic mass is 35.6. The van der Waals surface area contributed by atoms with Gasteiger partial charge in [0.15, 0.2) is 7.59 Å². The number of rotatable bonds is 9. The van der Waals surface area contributed by atoms with E-state index in [0.29, 0.717) is 0 Å². The van der Waals surface area contributed by atoms with Crippen molar-refractivity contribution >= 4 is 101 Å². The Morgan fingerprint density at radius 2 is 1.18 bits per heavy atom. The highest BCUT2D eigenvalue weighted by molar-refractivity contribution is 7.48. The van der Waals surface area contributed by atoms with Crippen LogP contribution in [-0.4, -0.2) is 38.7 Å². The highest BCUT2D eigenvalue weighted by Crippen LogP contribution is 2.53. The van der Waals surface area contributed by atoms with Gasteiger partial charge < -0.3 is 0 Å². The summed E-state index contributed by atoms with van der Waals surface area (Å²) in [6.45, 7) is 0. The number of phosphoric ester groups is 1. The number of halogens is 8. The molecular weight excluding hydrogens is 487 g/mol. The highest BCUT2D eigenvalue weighted by Gasteiger charge is 2.37. The summed E-state index contributed by atoms with van der Waals surface area (Å²) in [4.78, 5) is 0. The fourth-order valence-electron chi connectivity index (χ4n) is 1.23. The lowest BCUT2D eigenvalue weighted by atomic mass is 10.3. The quantitative estimate of drug-likeness (QED) is 0.268. The van der Waals surface area contributed by atoms with Crippen LogP contribution in [0, 0.1) is 0 Å². The molecule has 0 aromatic carbocycles. The molecule has 0 saturated heterocycles. The van der Waals surface area contributed by atoms with Crippen molar-refractivity contribution in [2.24, 2.45) is 0 Å². The van der Waals surface area contributed by atoms with E-state index in [9.17, 15) is 4.57 Å². The van der Waals surface area contributed by atoms with Crippen molar-refractivity contribution in [2.45, 2.75) is 32.6 Å². The maximum atomic E-state index is 12.4. The van der Waals surface area contributed by atoms with Crippen molar-refractivity contribution in [1.29, 1.82) is 0 Å². The van der Waals surface area contributed by atoms with E-state index in [1.807, 2.05) is 0 Å². The normalized spacial score (nSPS) is 18.8. The Labute approximate surface area is 169 Å². The number of hydrogen-bond donors (Lipinski definition) is 0. The lowest BCUT2D eigenvalue weighted by Gasteiger charge is -2.27. The molecule has 0 spiro atoms. The Hall–Kier alpha value is 2.43. The minimum absolute atomic E-state index is 0.110. The molecule has 0 bridgehead atoms. The second-order valence-electron chi connectivity index (χ2n) is 4.03. The first-order valence-corrected chi connectivity index (χ1v) is 10.4. The fraction of sp³-hybridized carbons (Fsp3) is 1.00. The molecule has 0 N–H and O–H groups in total. The maximum Gasteiger partial charge on any atom is 0.475 e. The minimum atomic E-state index is -4.04. The zero-order valence-electron chi connectivity index (χ0n) is 11.1. The molecule has 134 valence electrons. The second-order valence-corrected chi connectivity index (χ2v) is 11.4. The average Bonchev–Trinajstić information content (AvgIpc) is 2.33. The van der Waals surface area contributed by atoms with Crippen LogP contribution in [0.2, 0.25) is 0 Å². The Morgan fingerprint density at radius 1 is 0.864 bits per heavy atom. The van der Waals surface area contributed by atoms with E-state index in [1.165, 1.54) is 0 Å². The zero-order chi connectivity index (χ0) is 17.6. The van der Waals surface area contributed by atoms with E-state index < -0.39 is 27.6 Å². The van der Waals surface area contributed by atoms with Gasteiger partial charge in [0.25, 0.3) is 0 Å². The van der Waals surface area contributed by atoms with E-state index in [-0.39, 0.29) is 24.6 Å². The molecule has 0 aliphatic carbocycles. The number of hydrogen-bond acceptors (Lipinski definition) is 4. The van der Waals surface area contributed by atoms with Gasteiger partial charge in [-0.2, -0.15) is 0 Å². The molecular formula is C9H13Cl8O4P. The Bertz CT molecular complexity index is 342. The number of alkyl halides is 8. The van der Waals surface area contributed by atoms with Crippen molar-refractivity contribution in [3.05, 3.63) is 0 Å². The molecule has 22 heavy (non-hydrogen) atoms. The van der Waals surface area contributed by atoms with Gasteiger partial charge in [-0.15, -0.1) is 23.2 Å². The van der Waals surface area contributed by atoms with E-state index in [1.54, 1.807) is 0 Å². The molecule has 0 saturated carbocycles. The standard InChI is InChI=1S/C9H13Cl8O4P/c1-19-22(18,20-6(4-10)2-8(12,13)14)21-7(5-11)3-9(15,16)17/h6-7H,2-5H2,1H3. The smallest absolute Gasteiger partial charge is 0.290 e. The van der Waals surface area contributed by atoms with E-state index in [0.717, 1.165) is 7.11 Å². The number of phosphoric acid groups is 1. The van der Waals surface area contributed by atoms with Gasteiger partial charge in [0.05, 0.1) is 12.2 Å². The molecule has 2 unspecified atom stereocenters. The first kappa shape index (κ1) is 24.4. The molecule has 0 aliphatic heterocycles. The molecule has 0 aliphatic rings. The summed E-state index contributed by atoms with van der Waals surface area (Å²) in [5.74, 6) is -0.221. The molecule has 0 radical (unpaired) electrons.